The van der Waals surface area contributed by atoms with Crippen molar-refractivity contribution in [3.05, 3.63) is 0 Å². The minimum absolute atomic E-state index is 0.226. The maximum atomic E-state index is 11.5. The molecule has 1 fully saturated rings. The molecule has 0 aromatic heterocycles. The third kappa shape index (κ3) is 4.85. The lowest BCUT2D eigenvalue weighted by Crippen LogP contribution is -2.38. The summed E-state index contributed by atoms with van der Waals surface area (Å²) in [4.78, 5) is 13.6. The van der Waals surface area contributed by atoms with Crippen LogP contribution in [0.5, 0.6) is 0 Å². The Balaban J connectivity index is 2.32. The fourth-order valence-electron chi connectivity index (χ4n) is 2.01. The summed E-state index contributed by atoms with van der Waals surface area (Å²) in [6.45, 7) is 5.82. The van der Waals surface area contributed by atoms with Crippen LogP contribution in [0.25, 0.3) is 0 Å². The van der Waals surface area contributed by atoms with E-state index in [0.717, 1.165) is 18.1 Å². The molecule has 1 saturated heterocycles. The van der Waals surface area contributed by atoms with Gasteiger partial charge in [-0.25, -0.2) is 0 Å². The maximum absolute atomic E-state index is 11.5. The number of carbonyl (C=O) groups is 1. The van der Waals surface area contributed by atoms with E-state index in [-0.39, 0.29) is 12.0 Å². The Kier molecular flexibility index (Phi) is 6.30. The second-order valence-corrected chi connectivity index (χ2v) is 6.04. The van der Waals surface area contributed by atoms with Gasteiger partial charge in [0, 0.05) is 25.3 Å². The maximum Gasteiger partial charge on any atom is 0.323 e. The zero-order chi connectivity index (χ0) is 12.8. The van der Waals surface area contributed by atoms with E-state index in [1.807, 2.05) is 16.7 Å². The zero-order valence-electron chi connectivity index (χ0n) is 10.9. The molecule has 0 spiro atoms. The van der Waals surface area contributed by atoms with Gasteiger partial charge in [-0.1, -0.05) is 13.8 Å². The molecule has 0 aromatic rings. The first-order valence-corrected chi connectivity index (χ1v) is 7.27. The van der Waals surface area contributed by atoms with Crippen LogP contribution < -0.4 is 0 Å². The van der Waals surface area contributed by atoms with E-state index in [2.05, 4.69) is 13.8 Å². The molecule has 0 saturated carbocycles. The monoisotopic (exact) mass is 261 g/mol. The van der Waals surface area contributed by atoms with Crippen molar-refractivity contribution in [2.24, 2.45) is 5.92 Å². The molecule has 1 heterocycles. The number of thioether (sulfide) groups is 1. The van der Waals surface area contributed by atoms with Gasteiger partial charge in [0.05, 0.1) is 13.2 Å². The van der Waals surface area contributed by atoms with Crippen molar-refractivity contribution in [2.75, 3.05) is 31.7 Å². The van der Waals surface area contributed by atoms with E-state index in [9.17, 15) is 9.90 Å². The van der Waals surface area contributed by atoms with Crippen molar-refractivity contribution in [1.82, 2.24) is 4.90 Å². The molecule has 1 unspecified atom stereocenters. The van der Waals surface area contributed by atoms with Gasteiger partial charge in [0.15, 0.2) is 0 Å². The highest BCUT2D eigenvalue weighted by molar-refractivity contribution is 7.99. The Hall–Kier alpha value is -0.260. The number of esters is 1. The average molecular weight is 261 g/mol. The summed E-state index contributed by atoms with van der Waals surface area (Å²) in [5.41, 5.74) is 0. The molecule has 0 bridgehead atoms. The molecule has 1 rings (SSSR count). The Morgan fingerprint density at radius 3 is 2.88 bits per heavy atom. The molecule has 1 aliphatic rings. The van der Waals surface area contributed by atoms with Gasteiger partial charge in [-0.3, -0.25) is 9.69 Å². The van der Waals surface area contributed by atoms with Gasteiger partial charge in [0.2, 0.25) is 0 Å². The highest BCUT2D eigenvalue weighted by atomic mass is 32.2. The SMILES string of the molecule is COC(=O)C1C[C@@H](O)CN1CCSCC(C)C. The van der Waals surface area contributed by atoms with Crippen molar-refractivity contribution in [3.8, 4) is 0 Å². The molecule has 0 aliphatic carbocycles. The Morgan fingerprint density at radius 2 is 2.29 bits per heavy atom. The van der Waals surface area contributed by atoms with Crippen LogP contribution in [-0.2, 0) is 9.53 Å². The lowest BCUT2D eigenvalue weighted by molar-refractivity contribution is -0.145. The van der Waals surface area contributed by atoms with Crippen molar-refractivity contribution in [3.63, 3.8) is 0 Å². The van der Waals surface area contributed by atoms with Crippen LogP contribution in [-0.4, -0.2) is 59.8 Å². The average Bonchev–Trinajstić information content (AvgIpc) is 2.64. The number of rotatable bonds is 6. The van der Waals surface area contributed by atoms with E-state index in [1.54, 1.807) is 0 Å². The number of hydrogen-bond acceptors (Lipinski definition) is 5. The van der Waals surface area contributed by atoms with Crippen LogP contribution in [0.3, 0.4) is 0 Å². The standard InChI is InChI=1S/C12H23NO3S/c1-9(2)8-17-5-4-13-7-10(14)6-11(13)12(15)16-3/h9-11,14H,4-8H2,1-3H3/t10-,11?/m1/s1. The summed E-state index contributed by atoms with van der Waals surface area (Å²) in [7, 11) is 1.40. The number of methoxy groups -OCH3 is 1. The third-order valence-corrected chi connectivity index (χ3v) is 4.20. The summed E-state index contributed by atoms with van der Waals surface area (Å²) in [5, 5.41) is 9.60. The highest BCUT2D eigenvalue weighted by Gasteiger charge is 2.36. The van der Waals surface area contributed by atoms with Gasteiger partial charge in [-0.05, 0) is 11.7 Å². The first-order chi connectivity index (χ1) is 8.04. The van der Waals surface area contributed by atoms with Crippen LogP contribution in [0, 0.1) is 5.92 Å². The van der Waals surface area contributed by atoms with Gasteiger partial charge < -0.3 is 9.84 Å². The first-order valence-electron chi connectivity index (χ1n) is 6.12. The van der Waals surface area contributed by atoms with Gasteiger partial charge in [-0.15, -0.1) is 0 Å². The molecule has 5 heteroatoms. The molecular weight excluding hydrogens is 238 g/mol. The van der Waals surface area contributed by atoms with Gasteiger partial charge >= 0.3 is 5.97 Å². The first kappa shape index (κ1) is 14.8. The quantitative estimate of drug-likeness (QED) is 0.570. The summed E-state index contributed by atoms with van der Waals surface area (Å²) < 4.78 is 4.76. The molecular formula is C12H23NO3S. The van der Waals surface area contributed by atoms with Crippen molar-refractivity contribution >= 4 is 17.7 Å². The summed E-state index contributed by atoms with van der Waals surface area (Å²) in [5.74, 6) is 2.61. The second-order valence-electron chi connectivity index (χ2n) is 4.89. The zero-order valence-corrected chi connectivity index (χ0v) is 11.7. The molecule has 100 valence electrons. The number of aliphatic hydroxyl groups excluding tert-OH is 1. The van der Waals surface area contributed by atoms with Crippen molar-refractivity contribution in [2.45, 2.75) is 32.4 Å². The number of carbonyl (C=O) groups excluding carboxylic acids is 1. The fraction of sp³-hybridized carbons (Fsp3) is 0.917. The van der Waals surface area contributed by atoms with Crippen LogP contribution in [0.15, 0.2) is 0 Å². The van der Waals surface area contributed by atoms with Crippen LogP contribution in [0.4, 0.5) is 0 Å². The lowest BCUT2D eigenvalue weighted by Gasteiger charge is -2.21. The number of ether oxygens (including phenoxy) is 1. The predicted molar refractivity (Wildman–Crippen MR) is 70.2 cm³/mol. The van der Waals surface area contributed by atoms with Gasteiger partial charge in [-0.2, -0.15) is 11.8 Å². The number of hydrogen-bond donors (Lipinski definition) is 1. The molecule has 17 heavy (non-hydrogen) atoms. The number of aliphatic hydroxyl groups is 1. The van der Waals surface area contributed by atoms with Crippen LogP contribution in [0.2, 0.25) is 0 Å². The Bertz CT molecular complexity index is 248. The normalized spacial score (nSPS) is 25.5. The van der Waals surface area contributed by atoms with Crippen LogP contribution in [0.1, 0.15) is 20.3 Å². The molecule has 4 nitrogen and oxygen atoms in total. The Labute approximate surface area is 108 Å². The summed E-state index contributed by atoms with van der Waals surface area (Å²) in [6.07, 6.45) is 0.107. The fourth-order valence-corrected chi connectivity index (χ4v) is 3.01. The van der Waals surface area contributed by atoms with Crippen molar-refractivity contribution in [1.29, 1.82) is 0 Å². The van der Waals surface area contributed by atoms with Gasteiger partial charge in [0.25, 0.3) is 0 Å². The molecule has 1 aliphatic heterocycles. The summed E-state index contributed by atoms with van der Waals surface area (Å²) in [6, 6.07) is -0.255. The number of β-amino-alcohol motifs (C(OH)–C–C–N with tert-alkyl or cyclic N) is 1. The van der Waals surface area contributed by atoms with E-state index < -0.39 is 6.10 Å². The highest BCUT2D eigenvalue weighted by Crippen LogP contribution is 2.19. The molecule has 0 amide bonds. The minimum atomic E-state index is -0.394. The largest absolute Gasteiger partial charge is 0.468 e. The van der Waals surface area contributed by atoms with E-state index in [4.69, 9.17) is 4.74 Å². The van der Waals surface area contributed by atoms with Gasteiger partial charge in [0.1, 0.15) is 6.04 Å². The number of nitrogens with zero attached hydrogens (tertiary/aromatic N) is 1. The van der Waals surface area contributed by atoms with Crippen LogP contribution >= 0.6 is 11.8 Å². The van der Waals surface area contributed by atoms with Crippen molar-refractivity contribution < 1.29 is 14.6 Å². The predicted octanol–water partition coefficient (Wildman–Crippen LogP) is 0.984. The molecule has 0 aromatic carbocycles. The van der Waals surface area contributed by atoms with E-state index in [0.29, 0.717) is 18.9 Å². The smallest absolute Gasteiger partial charge is 0.323 e. The molecule has 2 atom stereocenters. The lowest BCUT2D eigenvalue weighted by atomic mass is 10.2. The second kappa shape index (κ2) is 7.24. The third-order valence-electron chi connectivity index (χ3n) is 2.83. The topological polar surface area (TPSA) is 49.8 Å². The molecule has 0 radical (unpaired) electrons. The van der Waals surface area contributed by atoms with E-state index >= 15 is 0 Å². The summed E-state index contributed by atoms with van der Waals surface area (Å²) >= 11 is 1.90. The van der Waals surface area contributed by atoms with E-state index in [1.165, 1.54) is 7.11 Å². The Morgan fingerprint density at radius 1 is 1.59 bits per heavy atom. The molecule has 1 N–H and O–H groups in total. The number of likely N-dealkylation sites (tertiary alicyclic amines) is 1. The minimum Gasteiger partial charge on any atom is -0.468 e.